The molecule has 1 aromatic heterocycles. The van der Waals surface area contributed by atoms with Crippen molar-refractivity contribution in [1.82, 2.24) is 15.5 Å². The summed E-state index contributed by atoms with van der Waals surface area (Å²) >= 11 is 1.55. The Labute approximate surface area is 168 Å². The van der Waals surface area contributed by atoms with E-state index in [1.165, 1.54) is 12.0 Å². The van der Waals surface area contributed by atoms with E-state index in [4.69, 9.17) is 4.52 Å². The maximum atomic E-state index is 12.9. The Morgan fingerprint density at radius 3 is 2.57 bits per heavy atom. The van der Waals surface area contributed by atoms with Crippen LogP contribution in [0.2, 0.25) is 0 Å². The third-order valence-corrected chi connectivity index (χ3v) is 6.41. The van der Waals surface area contributed by atoms with Crippen molar-refractivity contribution in [3.8, 4) is 0 Å². The highest BCUT2D eigenvalue weighted by Crippen LogP contribution is 2.43. The molecule has 1 aliphatic carbocycles. The lowest BCUT2D eigenvalue weighted by Gasteiger charge is -2.42. The van der Waals surface area contributed by atoms with Crippen molar-refractivity contribution in [3.05, 3.63) is 77.4 Å². The fourth-order valence-corrected chi connectivity index (χ4v) is 4.52. The average Bonchev–Trinajstić information content (AvgIpc) is 3.12. The Balaban J connectivity index is 1.43. The van der Waals surface area contributed by atoms with Gasteiger partial charge in [-0.05, 0) is 30.5 Å². The molecule has 1 aliphatic rings. The first-order valence-electron chi connectivity index (χ1n) is 9.51. The number of amides is 1. The number of carbonyl (C=O) groups is 1. The maximum absolute atomic E-state index is 12.9. The Morgan fingerprint density at radius 2 is 1.89 bits per heavy atom. The second-order valence-corrected chi connectivity index (χ2v) is 8.21. The van der Waals surface area contributed by atoms with Gasteiger partial charge >= 0.3 is 0 Å². The second kappa shape index (κ2) is 8.19. The molecule has 5 nitrogen and oxygen atoms in total. The number of nitrogens with zero attached hydrogens (tertiary/aromatic N) is 2. The fourth-order valence-electron chi connectivity index (χ4n) is 3.63. The zero-order chi connectivity index (χ0) is 19.4. The first-order chi connectivity index (χ1) is 13.7. The van der Waals surface area contributed by atoms with Gasteiger partial charge in [-0.2, -0.15) is 4.98 Å². The Kier molecular flexibility index (Phi) is 5.48. The first-order valence-corrected chi connectivity index (χ1v) is 10.5. The Morgan fingerprint density at radius 1 is 1.14 bits per heavy atom. The summed E-state index contributed by atoms with van der Waals surface area (Å²) in [6.07, 6.45) is 3.44. The van der Waals surface area contributed by atoms with Gasteiger partial charge in [0.1, 0.15) is 0 Å². The molecule has 0 atom stereocenters. The van der Waals surface area contributed by atoms with Gasteiger partial charge in [-0.1, -0.05) is 54.0 Å². The van der Waals surface area contributed by atoms with Crippen molar-refractivity contribution < 1.29 is 9.32 Å². The molecule has 4 rings (SSSR count). The minimum absolute atomic E-state index is 0.0328. The molecule has 0 aliphatic heterocycles. The molecule has 1 saturated carbocycles. The molecule has 2 aromatic carbocycles. The lowest BCUT2D eigenvalue weighted by Crippen LogP contribution is -2.45. The summed E-state index contributed by atoms with van der Waals surface area (Å²) in [5, 5.41) is 7.10. The monoisotopic (exact) mass is 393 g/mol. The third kappa shape index (κ3) is 3.97. The van der Waals surface area contributed by atoms with Gasteiger partial charge in [0.2, 0.25) is 5.89 Å². The second-order valence-electron chi connectivity index (χ2n) is 7.20. The molecule has 0 radical (unpaired) electrons. The van der Waals surface area contributed by atoms with Crippen LogP contribution < -0.4 is 5.32 Å². The number of nitrogens with one attached hydrogen (secondary N) is 1. The normalized spacial score (nSPS) is 15.0. The van der Waals surface area contributed by atoms with Crippen LogP contribution in [0.3, 0.4) is 0 Å². The van der Waals surface area contributed by atoms with Gasteiger partial charge in [0.15, 0.2) is 5.82 Å². The van der Waals surface area contributed by atoms with E-state index in [0.717, 1.165) is 17.7 Å². The van der Waals surface area contributed by atoms with Crippen LogP contribution in [0.1, 0.15) is 46.9 Å². The maximum Gasteiger partial charge on any atom is 0.252 e. The average molecular weight is 394 g/mol. The van der Waals surface area contributed by atoms with E-state index in [-0.39, 0.29) is 11.3 Å². The third-order valence-electron chi connectivity index (χ3n) is 5.34. The van der Waals surface area contributed by atoms with Crippen LogP contribution in [0.25, 0.3) is 0 Å². The lowest BCUT2D eigenvalue weighted by molar-refractivity contribution is 0.0925. The molecule has 6 heteroatoms. The van der Waals surface area contributed by atoms with Crippen molar-refractivity contribution in [3.63, 3.8) is 0 Å². The topological polar surface area (TPSA) is 68.0 Å². The van der Waals surface area contributed by atoms with Gasteiger partial charge in [0.05, 0.1) is 11.3 Å². The number of carbonyl (C=O) groups excluding carboxylic acids is 1. The van der Waals surface area contributed by atoms with Gasteiger partial charge < -0.3 is 9.84 Å². The number of hydrogen-bond donors (Lipinski definition) is 1. The fraction of sp³-hybridized carbons (Fsp3) is 0.318. The van der Waals surface area contributed by atoms with E-state index in [1.807, 2.05) is 30.3 Å². The predicted molar refractivity (Wildman–Crippen MR) is 109 cm³/mol. The smallest absolute Gasteiger partial charge is 0.252 e. The van der Waals surface area contributed by atoms with Crippen molar-refractivity contribution in [1.29, 1.82) is 0 Å². The van der Waals surface area contributed by atoms with E-state index < -0.39 is 0 Å². The number of rotatable bonds is 7. The molecular weight excluding hydrogens is 370 g/mol. The van der Waals surface area contributed by atoms with Gasteiger partial charge in [-0.3, -0.25) is 4.79 Å². The first kappa shape index (κ1) is 18.7. The molecule has 0 unspecified atom stereocenters. The number of aryl methyl sites for hydroxylation is 1. The van der Waals surface area contributed by atoms with E-state index in [9.17, 15) is 4.79 Å². The summed E-state index contributed by atoms with van der Waals surface area (Å²) < 4.78 is 5.01. The molecule has 1 heterocycles. The van der Waals surface area contributed by atoms with Crippen LogP contribution in [0, 0.1) is 6.92 Å². The van der Waals surface area contributed by atoms with Crippen molar-refractivity contribution in [2.24, 2.45) is 0 Å². The number of benzene rings is 2. The molecule has 1 fully saturated rings. The summed E-state index contributed by atoms with van der Waals surface area (Å²) in [5.41, 5.74) is 2.08. The number of aromatic nitrogens is 2. The van der Waals surface area contributed by atoms with Gasteiger partial charge in [-0.25, -0.2) is 0 Å². The SMILES string of the molecule is Cc1nc(CSc2ccccc2C(=O)NCC2(c3ccccc3)CCC2)no1. The molecule has 28 heavy (non-hydrogen) atoms. The molecule has 1 amide bonds. The number of thioether (sulfide) groups is 1. The number of hydrogen-bond acceptors (Lipinski definition) is 5. The van der Waals surface area contributed by atoms with Crippen molar-refractivity contribution in [2.45, 2.75) is 42.2 Å². The summed E-state index contributed by atoms with van der Waals surface area (Å²) in [7, 11) is 0. The van der Waals surface area contributed by atoms with Crippen LogP contribution >= 0.6 is 11.8 Å². The molecule has 3 aromatic rings. The highest BCUT2D eigenvalue weighted by atomic mass is 32.2. The van der Waals surface area contributed by atoms with Gasteiger partial charge in [-0.15, -0.1) is 11.8 Å². The van der Waals surface area contributed by atoms with Crippen LogP contribution in [-0.2, 0) is 11.2 Å². The highest BCUT2D eigenvalue weighted by molar-refractivity contribution is 7.98. The largest absolute Gasteiger partial charge is 0.351 e. The molecule has 0 saturated heterocycles. The van der Waals surface area contributed by atoms with E-state index in [0.29, 0.717) is 29.6 Å². The van der Waals surface area contributed by atoms with Crippen LogP contribution in [-0.4, -0.2) is 22.6 Å². The van der Waals surface area contributed by atoms with Crippen molar-refractivity contribution in [2.75, 3.05) is 6.54 Å². The quantitative estimate of drug-likeness (QED) is 0.598. The van der Waals surface area contributed by atoms with E-state index >= 15 is 0 Å². The molecule has 0 spiro atoms. The van der Waals surface area contributed by atoms with Crippen molar-refractivity contribution >= 4 is 17.7 Å². The van der Waals surface area contributed by atoms with E-state index in [1.54, 1.807) is 18.7 Å². The predicted octanol–water partition coefficient (Wildman–Crippen LogP) is 4.52. The lowest BCUT2D eigenvalue weighted by atomic mass is 9.64. The molecule has 0 bridgehead atoms. The zero-order valence-corrected chi connectivity index (χ0v) is 16.7. The van der Waals surface area contributed by atoms with Crippen LogP contribution in [0.4, 0.5) is 0 Å². The molecular formula is C22H23N3O2S. The molecule has 1 N–H and O–H groups in total. The molecule has 144 valence electrons. The summed E-state index contributed by atoms with van der Waals surface area (Å²) in [5.74, 6) is 1.72. The van der Waals surface area contributed by atoms with Crippen LogP contribution in [0.5, 0.6) is 0 Å². The summed E-state index contributed by atoms with van der Waals surface area (Å²) in [4.78, 5) is 18.1. The zero-order valence-electron chi connectivity index (χ0n) is 15.9. The standard InChI is InChI=1S/C22H23N3O2S/c1-16-24-20(25-27-16)14-28-19-11-6-5-10-18(19)21(26)23-15-22(12-7-13-22)17-8-3-2-4-9-17/h2-6,8-11H,7,12-15H2,1H3,(H,23,26). The minimum Gasteiger partial charge on any atom is -0.351 e. The van der Waals surface area contributed by atoms with Gasteiger partial charge in [0, 0.05) is 23.8 Å². The summed E-state index contributed by atoms with van der Waals surface area (Å²) in [6.45, 7) is 2.43. The summed E-state index contributed by atoms with van der Waals surface area (Å²) in [6, 6.07) is 18.2. The Hall–Kier alpha value is -2.60. The van der Waals surface area contributed by atoms with Gasteiger partial charge in [0.25, 0.3) is 5.91 Å². The van der Waals surface area contributed by atoms with Crippen LogP contribution in [0.15, 0.2) is 64.0 Å². The Bertz CT molecular complexity index is 951. The minimum atomic E-state index is -0.0328. The van der Waals surface area contributed by atoms with E-state index in [2.05, 4.69) is 39.7 Å². The highest BCUT2D eigenvalue weighted by Gasteiger charge is 2.38.